The molecule has 0 saturated carbocycles. The van der Waals surface area contributed by atoms with E-state index in [9.17, 15) is 162 Å². The maximum Gasteiger partial charge on any atom is 0.250 e. The standard InChI is InChI=1S/C75H122N6O50/c1-20-40(94)50(104)55(109)70(116-20)114-18-28(93)59(41(95)27(78-21(2)89)10-77-26-9-7-6-8-25(26)66(76)113)125-67-37(79-22(3)90)47(101)62(35(17-88)121-67)128-73-58(112)63(129-75-65(54(108)45(99)32(14-85)120-75)131-69-39(81-24(5)92)49(103)61(34(16-87)123-69)127-72-57(111)52(106)43(97)30(12-83)118-72)46(100)36(124-73)19-115-74-64(53(107)44(98)31(13-84)119-74)130-68-38(80-23(4)91)48(102)60(33(15-86)122-68)126-71-56(110)51(105)42(96)29(11-82)117-71/h6-9,20,27-65,67-75,77,82-88,93-112H,10-19H2,1-5H3,(H2,76,113)(H,78,89)(H,79,90)(H,80,91)(H,81,92). The molecule has 56 nitrogen and oxygen atoms in total. The Kier molecular flexibility index (Phi) is 39.2. The van der Waals surface area contributed by atoms with Crippen LogP contribution >= 0.6 is 0 Å². The molecule has 0 aliphatic carbocycles. The van der Waals surface area contributed by atoms with Gasteiger partial charge in [-0.3, -0.25) is 24.0 Å². The predicted octanol–water partition coefficient (Wildman–Crippen LogP) is -20.3. The molecule has 10 rings (SSSR count). The lowest BCUT2D eigenvalue weighted by molar-refractivity contribution is -0.398. The van der Waals surface area contributed by atoms with Gasteiger partial charge in [0.05, 0.1) is 77.2 Å². The summed E-state index contributed by atoms with van der Waals surface area (Å²) in [5.41, 5.74) is 5.58. The van der Waals surface area contributed by atoms with Gasteiger partial charge >= 0.3 is 0 Å². The number of carbonyl (C=O) groups excluding carboxylic acids is 5. The Bertz CT molecular complexity index is 3760. The van der Waals surface area contributed by atoms with Gasteiger partial charge in [0, 0.05) is 39.9 Å². The SMILES string of the molecule is CC(=O)NC(CNc1ccccc1C(N)=O)C(O)C(OC1OC(CO)C(OC2OC(COC3OC(CO)C(O)C(O)C3OC3OC(CO)C(OC4OC(CO)C(O)C(O)C4O)C(O)C3NC(C)=O)C(O)C(OC3OC(CO)C(O)C(O)C3OC3OC(CO)C(OC4OC(CO)C(O)C(O)C4O)C(O)C3NC(C)=O)C2O)C(O)C1NC(C)=O)C(O)COC1OC(C)C(O)C(O)C1O. The number of amides is 5. The third-order valence-electron chi connectivity index (χ3n) is 23.6. The number of ether oxygens (including phenoxy) is 18. The number of para-hydroxylation sites is 1. The Hall–Kier alpha value is -5.43. The van der Waals surface area contributed by atoms with Gasteiger partial charge in [0.25, 0.3) is 5.91 Å². The summed E-state index contributed by atoms with van der Waals surface area (Å²) in [6, 6.07) is -2.07. The van der Waals surface area contributed by atoms with Crippen molar-refractivity contribution >= 4 is 35.2 Å². The van der Waals surface area contributed by atoms with Gasteiger partial charge < -0.3 is 255 Å². The summed E-state index contributed by atoms with van der Waals surface area (Å²) in [7, 11) is 0. The van der Waals surface area contributed by atoms with E-state index in [1.54, 1.807) is 0 Å². The maximum atomic E-state index is 13.5. The Balaban J connectivity index is 1.00. The van der Waals surface area contributed by atoms with Crippen molar-refractivity contribution in [2.24, 2.45) is 5.73 Å². The van der Waals surface area contributed by atoms with Crippen molar-refractivity contribution in [2.75, 3.05) is 71.3 Å². The molecule has 5 amide bonds. The number of nitrogens with one attached hydrogen (secondary N) is 5. The predicted molar refractivity (Wildman–Crippen MR) is 413 cm³/mol. The van der Waals surface area contributed by atoms with Crippen molar-refractivity contribution < 1.29 is 247 Å². The third kappa shape index (κ3) is 24.8. The molecule has 1 aromatic rings. The van der Waals surface area contributed by atoms with Crippen LogP contribution in [0.15, 0.2) is 24.3 Å². The molecule has 9 aliphatic rings. The molecule has 9 aliphatic heterocycles. The topological polar surface area (TPSA) is 884 Å². The summed E-state index contributed by atoms with van der Waals surface area (Å²) in [6.07, 6.45) is -95.6. The van der Waals surface area contributed by atoms with Gasteiger partial charge in [0.2, 0.25) is 23.6 Å². The Morgan fingerprint density at radius 3 is 1.15 bits per heavy atom. The molecule has 131 heavy (non-hydrogen) atoms. The number of benzene rings is 1. The maximum absolute atomic E-state index is 13.5. The zero-order valence-electron chi connectivity index (χ0n) is 70.7. The van der Waals surface area contributed by atoms with E-state index in [2.05, 4.69) is 26.6 Å². The van der Waals surface area contributed by atoms with Crippen molar-refractivity contribution in [3.63, 3.8) is 0 Å². The molecular weight excluding hydrogens is 1780 g/mol. The summed E-state index contributed by atoms with van der Waals surface area (Å²) in [6.45, 7) is -5.86. The highest BCUT2D eigenvalue weighted by molar-refractivity contribution is 5.98. The first kappa shape index (κ1) is 108. The molecule has 0 bridgehead atoms. The molecule has 9 fully saturated rings. The van der Waals surface area contributed by atoms with Crippen LogP contribution in [0.4, 0.5) is 5.69 Å². The minimum Gasteiger partial charge on any atom is -0.394 e. The average molecular weight is 1910 g/mol. The molecule has 0 spiro atoms. The number of anilines is 1. The summed E-state index contributed by atoms with van der Waals surface area (Å²) in [5, 5.41) is 317. The summed E-state index contributed by atoms with van der Waals surface area (Å²) >= 11 is 0. The molecule has 49 atom stereocenters. The highest BCUT2D eigenvalue weighted by atomic mass is 16.8. The second-order valence-electron chi connectivity index (χ2n) is 32.9. The van der Waals surface area contributed by atoms with E-state index in [0.717, 1.165) is 27.7 Å². The quantitative estimate of drug-likeness (QED) is 0.0292. The van der Waals surface area contributed by atoms with Crippen LogP contribution in [0.2, 0.25) is 0 Å². The molecule has 0 aromatic heterocycles. The van der Waals surface area contributed by atoms with Crippen molar-refractivity contribution in [3.8, 4) is 0 Å². The van der Waals surface area contributed by atoms with Crippen molar-refractivity contribution in [1.29, 1.82) is 0 Å². The number of rotatable bonds is 38. The molecule has 752 valence electrons. The second-order valence-corrected chi connectivity index (χ2v) is 32.9. The monoisotopic (exact) mass is 1910 g/mol. The molecule has 56 heteroatoms. The lowest BCUT2D eigenvalue weighted by Crippen LogP contribution is -2.70. The first-order valence-corrected chi connectivity index (χ1v) is 41.8. The zero-order chi connectivity index (χ0) is 96.5. The molecule has 9 heterocycles. The number of aliphatic hydroxyl groups is 27. The summed E-state index contributed by atoms with van der Waals surface area (Å²) in [4.78, 5) is 65.0. The molecule has 0 radical (unpaired) electrons. The minimum absolute atomic E-state index is 0.0457. The molecular formula is C75H122N6O50. The third-order valence-corrected chi connectivity index (χ3v) is 23.6. The van der Waals surface area contributed by atoms with E-state index in [4.69, 9.17) is 91.0 Å². The normalized spacial score (nSPS) is 44.5. The van der Waals surface area contributed by atoms with Crippen LogP contribution in [-0.2, 0) is 104 Å². The number of hydrogen-bond donors (Lipinski definition) is 33. The van der Waals surface area contributed by atoms with Crippen molar-refractivity contribution in [2.45, 2.75) is 335 Å². The molecule has 49 unspecified atom stereocenters. The van der Waals surface area contributed by atoms with E-state index in [-0.39, 0.29) is 11.3 Å². The van der Waals surface area contributed by atoms with E-state index in [0.29, 0.717) is 0 Å². The average Bonchev–Trinajstić information content (AvgIpc) is 0.770. The minimum atomic E-state index is -2.67. The lowest BCUT2D eigenvalue weighted by Gasteiger charge is -2.51. The first-order chi connectivity index (χ1) is 62.0. The number of aliphatic hydroxyl groups excluding tert-OH is 27. The molecule has 1 aromatic carbocycles. The smallest absolute Gasteiger partial charge is 0.250 e. The van der Waals surface area contributed by atoms with Crippen LogP contribution in [-0.4, -0.2) is 534 Å². The zero-order valence-corrected chi connectivity index (χ0v) is 70.7. The molecule has 9 saturated heterocycles. The van der Waals surface area contributed by atoms with Crippen LogP contribution in [0.3, 0.4) is 0 Å². The Morgan fingerprint density at radius 1 is 0.359 bits per heavy atom. The van der Waals surface area contributed by atoms with Gasteiger partial charge in [-0.05, 0) is 19.1 Å². The second kappa shape index (κ2) is 47.8. The first-order valence-electron chi connectivity index (χ1n) is 41.8. The van der Waals surface area contributed by atoms with Crippen LogP contribution in [0.1, 0.15) is 45.0 Å². The fourth-order valence-corrected chi connectivity index (χ4v) is 16.5. The fraction of sp³-hybridized carbons (Fsp3) is 0.853. The highest BCUT2D eigenvalue weighted by Crippen LogP contribution is 2.40. The van der Waals surface area contributed by atoms with E-state index in [1.807, 2.05) is 0 Å². The van der Waals surface area contributed by atoms with Gasteiger partial charge in [-0.2, -0.15) is 0 Å². The lowest BCUT2D eigenvalue weighted by atomic mass is 9.94. The van der Waals surface area contributed by atoms with E-state index < -0.39 is 396 Å². The summed E-state index contributed by atoms with van der Waals surface area (Å²) in [5.74, 6) is -4.77. The van der Waals surface area contributed by atoms with Gasteiger partial charge in [-0.15, -0.1) is 0 Å². The van der Waals surface area contributed by atoms with Crippen molar-refractivity contribution in [3.05, 3.63) is 29.8 Å². The van der Waals surface area contributed by atoms with E-state index >= 15 is 0 Å². The van der Waals surface area contributed by atoms with Gasteiger partial charge in [0.15, 0.2) is 56.6 Å². The van der Waals surface area contributed by atoms with E-state index in [1.165, 1.54) is 31.2 Å². The van der Waals surface area contributed by atoms with Gasteiger partial charge in [-0.25, -0.2) is 0 Å². The Labute approximate surface area is 743 Å². The highest BCUT2D eigenvalue weighted by Gasteiger charge is 2.61. The van der Waals surface area contributed by atoms with Gasteiger partial charge in [-0.1, -0.05) is 12.1 Å². The largest absolute Gasteiger partial charge is 0.394 e. The summed E-state index contributed by atoms with van der Waals surface area (Å²) < 4.78 is 107. The van der Waals surface area contributed by atoms with Crippen molar-refractivity contribution in [1.82, 2.24) is 21.3 Å². The van der Waals surface area contributed by atoms with Crippen LogP contribution < -0.4 is 32.3 Å². The molecule has 34 N–H and O–H groups in total. The number of carbonyl (C=O) groups is 5. The number of hydrogen-bond acceptors (Lipinski definition) is 51. The Morgan fingerprint density at radius 2 is 0.718 bits per heavy atom. The van der Waals surface area contributed by atoms with Gasteiger partial charge in [0.1, 0.15) is 232 Å². The van der Waals surface area contributed by atoms with Crippen LogP contribution in [0, 0.1) is 0 Å². The van der Waals surface area contributed by atoms with Crippen LogP contribution in [0.25, 0.3) is 0 Å². The fourth-order valence-electron chi connectivity index (χ4n) is 16.5. The number of primary amides is 1. The van der Waals surface area contributed by atoms with Crippen LogP contribution in [0.5, 0.6) is 0 Å². The number of nitrogens with two attached hydrogens (primary N) is 1.